The second kappa shape index (κ2) is 4.72. The van der Waals surface area contributed by atoms with E-state index in [1.807, 2.05) is 19.1 Å². The fourth-order valence-electron chi connectivity index (χ4n) is 1.48. The van der Waals surface area contributed by atoms with E-state index < -0.39 is 0 Å². The molecule has 0 saturated heterocycles. The summed E-state index contributed by atoms with van der Waals surface area (Å²) in [6, 6.07) is 5.54. The molecule has 84 valence electrons. The van der Waals surface area contributed by atoms with E-state index in [2.05, 4.69) is 4.98 Å². The highest BCUT2D eigenvalue weighted by molar-refractivity contribution is 7.12. The van der Waals surface area contributed by atoms with E-state index >= 15 is 0 Å². The minimum atomic E-state index is 0.448. The van der Waals surface area contributed by atoms with Crippen LogP contribution in [0.1, 0.15) is 9.88 Å². The van der Waals surface area contributed by atoms with Crippen molar-refractivity contribution < 1.29 is 0 Å². The third-order valence-electron chi connectivity index (χ3n) is 2.22. The van der Waals surface area contributed by atoms with Crippen molar-refractivity contribution in [2.45, 2.75) is 13.5 Å². The molecule has 0 fully saturated rings. The average Bonchev–Trinajstić information content (AvgIpc) is 2.64. The highest BCUT2D eigenvalue weighted by Gasteiger charge is 2.13. The molecule has 2 aromatic rings. The number of aryl methyl sites for hydroxylation is 1. The Balaban J connectivity index is 2.58. The second-order valence-corrected chi connectivity index (χ2v) is 5.39. The monoisotopic (exact) mass is 272 g/mol. The van der Waals surface area contributed by atoms with Gasteiger partial charge in [0.2, 0.25) is 0 Å². The van der Waals surface area contributed by atoms with Gasteiger partial charge in [-0.15, -0.1) is 11.3 Å². The van der Waals surface area contributed by atoms with Gasteiger partial charge in [-0.05, 0) is 13.0 Å². The maximum atomic E-state index is 6.15. The molecular formula is C11H10Cl2N2S. The lowest BCUT2D eigenvalue weighted by Gasteiger charge is -2.03. The van der Waals surface area contributed by atoms with Gasteiger partial charge < -0.3 is 5.73 Å². The van der Waals surface area contributed by atoms with Crippen LogP contribution in [0.5, 0.6) is 0 Å². The first kappa shape index (κ1) is 11.9. The Morgan fingerprint density at radius 1 is 1.38 bits per heavy atom. The van der Waals surface area contributed by atoms with Crippen LogP contribution in [0.2, 0.25) is 10.0 Å². The topological polar surface area (TPSA) is 38.9 Å². The van der Waals surface area contributed by atoms with Gasteiger partial charge in [-0.2, -0.15) is 0 Å². The number of rotatable bonds is 2. The summed E-state index contributed by atoms with van der Waals surface area (Å²) in [5.74, 6) is 0. The average molecular weight is 273 g/mol. The van der Waals surface area contributed by atoms with Gasteiger partial charge in [0.05, 0.1) is 15.7 Å². The Hall–Kier alpha value is -0.610. The summed E-state index contributed by atoms with van der Waals surface area (Å²) in [5, 5.41) is 1.99. The van der Waals surface area contributed by atoms with E-state index in [1.54, 1.807) is 17.4 Å². The van der Waals surface area contributed by atoms with Gasteiger partial charge in [0.25, 0.3) is 0 Å². The quantitative estimate of drug-likeness (QED) is 0.901. The Morgan fingerprint density at radius 2 is 2.12 bits per heavy atom. The highest BCUT2D eigenvalue weighted by Crippen LogP contribution is 2.36. The number of halogens is 2. The van der Waals surface area contributed by atoms with Crippen molar-refractivity contribution in [3.63, 3.8) is 0 Å². The van der Waals surface area contributed by atoms with Gasteiger partial charge in [-0.25, -0.2) is 4.98 Å². The molecule has 1 aromatic heterocycles. The molecule has 2 N–H and O–H groups in total. The van der Waals surface area contributed by atoms with Crippen molar-refractivity contribution in [2.75, 3.05) is 0 Å². The molecule has 0 aliphatic rings. The lowest BCUT2D eigenvalue weighted by Crippen LogP contribution is -1.94. The first-order valence-corrected chi connectivity index (χ1v) is 6.31. The molecule has 0 bridgehead atoms. The third kappa shape index (κ3) is 2.09. The van der Waals surface area contributed by atoms with Gasteiger partial charge in [-0.1, -0.05) is 35.3 Å². The number of hydrogen-bond acceptors (Lipinski definition) is 3. The van der Waals surface area contributed by atoms with Crippen LogP contribution in [-0.4, -0.2) is 4.98 Å². The zero-order valence-electron chi connectivity index (χ0n) is 8.63. The summed E-state index contributed by atoms with van der Waals surface area (Å²) in [4.78, 5) is 5.55. The SMILES string of the molecule is Cc1sc(CN)nc1-c1cccc(Cl)c1Cl. The van der Waals surface area contributed by atoms with Crippen LogP contribution in [0.4, 0.5) is 0 Å². The Bertz CT molecular complexity index is 523. The van der Waals surface area contributed by atoms with Crippen LogP contribution in [0, 0.1) is 6.92 Å². The number of benzene rings is 1. The van der Waals surface area contributed by atoms with E-state index in [1.165, 1.54) is 0 Å². The summed E-state index contributed by atoms with van der Waals surface area (Å²) in [5.41, 5.74) is 7.30. The minimum Gasteiger partial charge on any atom is -0.325 e. The zero-order valence-corrected chi connectivity index (χ0v) is 11.0. The van der Waals surface area contributed by atoms with Crippen molar-refractivity contribution >= 4 is 34.5 Å². The Labute approximate surface area is 108 Å². The van der Waals surface area contributed by atoms with Crippen LogP contribution in [-0.2, 0) is 6.54 Å². The summed E-state index contributed by atoms with van der Waals surface area (Å²) in [7, 11) is 0. The maximum Gasteiger partial charge on any atom is 0.107 e. The number of nitrogens with two attached hydrogens (primary N) is 1. The van der Waals surface area contributed by atoms with Gasteiger partial charge in [0.1, 0.15) is 5.01 Å². The van der Waals surface area contributed by atoms with Crippen molar-refractivity contribution in [1.82, 2.24) is 4.98 Å². The Kier molecular flexibility index (Phi) is 3.50. The maximum absolute atomic E-state index is 6.15. The Morgan fingerprint density at radius 3 is 2.75 bits per heavy atom. The molecule has 0 atom stereocenters. The molecular weight excluding hydrogens is 263 g/mol. The van der Waals surface area contributed by atoms with E-state index in [-0.39, 0.29) is 0 Å². The van der Waals surface area contributed by atoms with E-state index in [0.717, 1.165) is 21.1 Å². The predicted octanol–water partition coefficient (Wildman–Crippen LogP) is 3.88. The first-order chi connectivity index (χ1) is 7.63. The summed E-state index contributed by atoms with van der Waals surface area (Å²) >= 11 is 13.7. The number of thiazole rings is 1. The molecule has 0 spiro atoms. The predicted molar refractivity (Wildman–Crippen MR) is 70.2 cm³/mol. The van der Waals surface area contributed by atoms with Crippen molar-refractivity contribution in [3.05, 3.63) is 38.1 Å². The largest absolute Gasteiger partial charge is 0.325 e. The molecule has 16 heavy (non-hydrogen) atoms. The summed E-state index contributed by atoms with van der Waals surface area (Å²) in [6.45, 7) is 2.45. The fourth-order valence-corrected chi connectivity index (χ4v) is 2.69. The molecule has 1 aromatic carbocycles. The lowest BCUT2D eigenvalue weighted by atomic mass is 10.1. The van der Waals surface area contributed by atoms with E-state index in [9.17, 15) is 0 Å². The van der Waals surface area contributed by atoms with Crippen LogP contribution in [0.25, 0.3) is 11.3 Å². The summed E-state index contributed by atoms with van der Waals surface area (Å²) < 4.78 is 0. The molecule has 0 radical (unpaired) electrons. The molecule has 5 heteroatoms. The molecule has 2 rings (SSSR count). The van der Waals surface area contributed by atoms with Crippen molar-refractivity contribution in [1.29, 1.82) is 0 Å². The second-order valence-electron chi connectivity index (χ2n) is 3.32. The number of nitrogens with zero attached hydrogens (tertiary/aromatic N) is 1. The number of aromatic nitrogens is 1. The number of hydrogen-bond donors (Lipinski definition) is 1. The van der Waals surface area contributed by atoms with Crippen LogP contribution < -0.4 is 5.73 Å². The molecule has 1 heterocycles. The molecule has 0 amide bonds. The molecule has 0 aliphatic heterocycles. The molecule has 0 saturated carbocycles. The van der Waals surface area contributed by atoms with Gasteiger partial charge >= 0.3 is 0 Å². The van der Waals surface area contributed by atoms with Crippen LogP contribution in [0.15, 0.2) is 18.2 Å². The zero-order chi connectivity index (χ0) is 11.7. The normalized spacial score (nSPS) is 10.8. The molecule has 0 unspecified atom stereocenters. The molecule has 0 aliphatic carbocycles. The fraction of sp³-hybridized carbons (Fsp3) is 0.182. The standard InChI is InChI=1S/C11H10Cl2N2S/c1-6-11(15-9(5-14)16-6)7-3-2-4-8(12)10(7)13/h2-4H,5,14H2,1H3. The van der Waals surface area contributed by atoms with Crippen molar-refractivity contribution in [2.24, 2.45) is 5.73 Å². The van der Waals surface area contributed by atoms with Gasteiger partial charge in [0.15, 0.2) is 0 Å². The van der Waals surface area contributed by atoms with Gasteiger partial charge in [0, 0.05) is 17.0 Å². The van der Waals surface area contributed by atoms with E-state index in [0.29, 0.717) is 16.6 Å². The van der Waals surface area contributed by atoms with Crippen LogP contribution >= 0.6 is 34.5 Å². The van der Waals surface area contributed by atoms with Gasteiger partial charge in [-0.3, -0.25) is 0 Å². The van der Waals surface area contributed by atoms with Crippen molar-refractivity contribution in [3.8, 4) is 11.3 Å². The van der Waals surface area contributed by atoms with Crippen LogP contribution in [0.3, 0.4) is 0 Å². The third-order valence-corrected chi connectivity index (χ3v) is 4.03. The minimum absolute atomic E-state index is 0.448. The van der Waals surface area contributed by atoms with E-state index in [4.69, 9.17) is 28.9 Å². The summed E-state index contributed by atoms with van der Waals surface area (Å²) in [6.07, 6.45) is 0. The molecule has 2 nitrogen and oxygen atoms in total. The lowest BCUT2D eigenvalue weighted by molar-refractivity contribution is 1.04. The first-order valence-electron chi connectivity index (χ1n) is 4.74. The smallest absolute Gasteiger partial charge is 0.107 e. The highest BCUT2D eigenvalue weighted by atomic mass is 35.5.